The minimum absolute atomic E-state index is 0.106. The molecule has 0 N–H and O–H groups in total. The third-order valence-corrected chi connectivity index (χ3v) is 3.69. The second-order valence-corrected chi connectivity index (χ2v) is 8.01. The summed E-state index contributed by atoms with van der Waals surface area (Å²) in [5, 5.41) is 0. The Balaban J connectivity index is 2.53. The molecule has 1 aromatic carbocycles. The summed E-state index contributed by atoms with van der Waals surface area (Å²) in [5.74, 6) is 0. The summed E-state index contributed by atoms with van der Waals surface area (Å²) in [7, 11) is -7.14. The van der Waals surface area contributed by atoms with E-state index in [4.69, 9.17) is 8.92 Å². The van der Waals surface area contributed by atoms with Crippen LogP contribution in [-0.2, 0) is 39.9 Å². The van der Waals surface area contributed by atoms with Gasteiger partial charge in [0.15, 0.2) is 0 Å². The fourth-order valence-electron chi connectivity index (χ4n) is 1.53. The van der Waals surface area contributed by atoms with Crippen molar-refractivity contribution in [2.45, 2.75) is 19.1 Å². The van der Waals surface area contributed by atoms with Gasteiger partial charge in [0.05, 0.1) is 38.4 Å². The van der Waals surface area contributed by atoms with Crippen molar-refractivity contribution in [2.24, 2.45) is 0 Å². The molecule has 7 nitrogen and oxygen atoms in total. The second kappa shape index (κ2) is 8.59. The lowest BCUT2D eigenvalue weighted by Gasteiger charge is -2.17. The highest BCUT2D eigenvalue weighted by Crippen LogP contribution is 2.08. The first-order chi connectivity index (χ1) is 10.2. The summed E-state index contributed by atoms with van der Waals surface area (Å²) < 4.78 is 58.8. The summed E-state index contributed by atoms with van der Waals surface area (Å²) in [6, 6.07) is 9.30. The van der Waals surface area contributed by atoms with Crippen LogP contribution in [0.3, 0.4) is 0 Å². The molecule has 0 heterocycles. The Morgan fingerprint density at radius 2 is 1.55 bits per heavy atom. The Morgan fingerprint density at radius 3 is 2.09 bits per heavy atom. The fourth-order valence-corrected chi connectivity index (χ4v) is 2.33. The minimum atomic E-state index is -3.59. The molecule has 1 aromatic rings. The summed E-state index contributed by atoms with van der Waals surface area (Å²) in [6.45, 7) is -0.0400. The zero-order valence-corrected chi connectivity index (χ0v) is 14.1. The van der Waals surface area contributed by atoms with Crippen molar-refractivity contribution >= 4 is 20.2 Å². The molecular formula is C13H20O7S2. The van der Waals surface area contributed by atoms with Crippen molar-refractivity contribution in [3.63, 3.8) is 0 Å². The van der Waals surface area contributed by atoms with Crippen LogP contribution in [0, 0.1) is 0 Å². The lowest BCUT2D eigenvalue weighted by molar-refractivity contribution is -0.000252. The molecule has 0 aliphatic carbocycles. The highest BCUT2D eigenvalue weighted by molar-refractivity contribution is 7.86. The van der Waals surface area contributed by atoms with E-state index in [-0.39, 0.29) is 26.2 Å². The fraction of sp³-hybridized carbons (Fsp3) is 0.538. The average molecular weight is 352 g/mol. The van der Waals surface area contributed by atoms with Gasteiger partial charge in [-0.1, -0.05) is 30.3 Å². The van der Waals surface area contributed by atoms with Crippen molar-refractivity contribution in [3.8, 4) is 0 Å². The molecule has 1 rings (SSSR count). The quantitative estimate of drug-likeness (QED) is 0.578. The topological polar surface area (TPSA) is 96.0 Å². The maximum atomic E-state index is 11.0. The van der Waals surface area contributed by atoms with E-state index in [9.17, 15) is 16.8 Å². The van der Waals surface area contributed by atoms with Gasteiger partial charge in [0.25, 0.3) is 20.2 Å². The average Bonchev–Trinajstić information content (AvgIpc) is 2.40. The second-order valence-electron chi connectivity index (χ2n) is 4.72. The van der Waals surface area contributed by atoms with Crippen LogP contribution in [0.1, 0.15) is 12.0 Å². The highest BCUT2D eigenvalue weighted by Gasteiger charge is 2.15. The van der Waals surface area contributed by atoms with Crippen molar-refractivity contribution in [3.05, 3.63) is 35.9 Å². The molecule has 126 valence electrons. The van der Waals surface area contributed by atoms with Gasteiger partial charge in [0.2, 0.25) is 0 Å². The zero-order valence-electron chi connectivity index (χ0n) is 12.5. The van der Waals surface area contributed by atoms with Gasteiger partial charge in [-0.25, -0.2) is 0 Å². The van der Waals surface area contributed by atoms with Gasteiger partial charge in [-0.2, -0.15) is 16.8 Å². The molecule has 0 fully saturated rings. The van der Waals surface area contributed by atoms with Gasteiger partial charge in [-0.15, -0.1) is 0 Å². The SMILES string of the molecule is CS(=O)(=O)OCCC(COS(C)(=O)=O)OCc1ccccc1. The van der Waals surface area contributed by atoms with Crippen LogP contribution >= 0.6 is 0 Å². The van der Waals surface area contributed by atoms with E-state index in [1.807, 2.05) is 30.3 Å². The van der Waals surface area contributed by atoms with E-state index in [2.05, 4.69) is 4.18 Å². The van der Waals surface area contributed by atoms with Gasteiger partial charge in [0.1, 0.15) is 0 Å². The maximum absolute atomic E-state index is 11.0. The zero-order chi connectivity index (χ0) is 16.6. The number of hydrogen-bond acceptors (Lipinski definition) is 7. The van der Waals surface area contributed by atoms with Gasteiger partial charge in [0, 0.05) is 6.42 Å². The number of hydrogen-bond donors (Lipinski definition) is 0. The van der Waals surface area contributed by atoms with Crippen LogP contribution in [0.2, 0.25) is 0 Å². The smallest absolute Gasteiger partial charge is 0.264 e. The standard InChI is InChI=1S/C13H20O7S2/c1-21(14,15)19-9-8-13(11-20-22(2,16)17)18-10-12-6-4-3-5-7-12/h3-7,13H,8-11H2,1-2H3. The van der Waals surface area contributed by atoms with Crippen molar-refractivity contribution in [2.75, 3.05) is 25.7 Å². The van der Waals surface area contributed by atoms with Crippen LogP contribution < -0.4 is 0 Å². The molecule has 0 amide bonds. The Kier molecular flexibility index (Phi) is 7.43. The molecule has 0 aliphatic heterocycles. The first-order valence-electron chi connectivity index (χ1n) is 6.50. The molecule has 1 unspecified atom stereocenters. The third kappa shape index (κ3) is 9.85. The Bertz CT molecular complexity index is 638. The normalized spacial score (nSPS) is 13.9. The van der Waals surface area contributed by atoms with E-state index < -0.39 is 26.3 Å². The first-order valence-corrected chi connectivity index (χ1v) is 10.1. The van der Waals surface area contributed by atoms with Crippen LogP contribution in [0.15, 0.2) is 30.3 Å². The first kappa shape index (κ1) is 19.0. The van der Waals surface area contributed by atoms with E-state index >= 15 is 0 Å². The summed E-state index contributed by atoms with van der Waals surface area (Å²) in [6.07, 6.45) is 1.47. The van der Waals surface area contributed by atoms with Crippen LogP contribution in [0.5, 0.6) is 0 Å². The Hall–Kier alpha value is -1.00. The molecule has 0 spiro atoms. The van der Waals surface area contributed by atoms with E-state index in [1.165, 1.54) is 0 Å². The predicted molar refractivity (Wildman–Crippen MR) is 81.2 cm³/mol. The van der Waals surface area contributed by atoms with Gasteiger partial charge in [-0.3, -0.25) is 8.37 Å². The minimum Gasteiger partial charge on any atom is -0.371 e. The van der Waals surface area contributed by atoms with E-state index in [0.29, 0.717) is 0 Å². The van der Waals surface area contributed by atoms with Crippen LogP contribution in [0.4, 0.5) is 0 Å². The van der Waals surface area contributed by atoms with Gasteiger partial charge >= 0.3 is 0 Å². The molecule has 0 saturated heterocycles. The van der Waals surface area contributed by atoms with E-state index in [0.717, 1.165) is 18.1 Å². The lowest BCUT2D eigenvalue weighted by Crippen LogP contribution is -2.24. The summed E-state index contributed by atoms with van der Waals surface area (Å²) in [4.78, 5) is 0. The van der Waals surface area contributed by atoms with Crippen molar-refractivity contribution < 1.29 is 29.9 Å². The highest BCUT2D eigenvalue weighted by atomic mass is 32.2. The number of benzene rings is 1. The molecule has 0 radical (unpaired) electrons. The number of ether oxygens (including phenoxy) is 1. The van der Waals surface area contributed by atoms with Crippen molar-refractivity contribution in [1.29, 1.82) is 0 Å². The third-order valence-electron chi connectivity index (χ3n) is 2.53. The largest absolute Gasteiger partial charge is 0.371 e. The maximum Gasteiger partial charge on any atom is 0.264 e. The molecule has 22 heavy (non-hydrogen) atoms. The van der Waals surface area contributed by atoms with Gasteiger partial charge in [-0.05, 0) is 5.56 Å². The van der Waals surface area contributed by atoms with Crippen LogP contribution in [-0.4, -0.2) is 48.7 Å². The molecular weight excluding hydrogens is 332 g/mol. The van der Waals surface area contributed by atoms with Gasteiger partial charge < -0.3 is 4.74 Å². The Labute approximate surface area is 131 Å². The number of rotatable bonds is 10. The van der Waals surface area contributed by atoms with Crippen LogP contribution in [0.25, 0.3) is 0 Å². The molecule has 9 heteroatoms. The molecule has 0 saturated carbocycles. The predicted octanol–water partition coefficient (Wildman–Crippen LogP) is 0.914. The molecule has 0 bridgehead atoms. The lowest BCUT2D eigenvalue weighted by atomic mass is 10.2. The molecule has 0 aromatic heterocycles. The Morgan fingerprint density at radius 1 is 0.955 bits per heavy atom. The summed E-state index contributed by atoms with van der Waals surface area (Å²) >= 11 is 0. The van der Waals surface area contributed by atoms with Crippen molar-refractivity contribution in [1.82, 2.24) is 0 Å². The summed E-state index contributed by atoms with van der Waals surface area (Å²) in [5.41, 5.74) is 0.913. The monoisotopic (exact) mass is 352 g/mol. The van der Waals surface area contributed by atoms with E-state index in [1.54, 1.807) is 0 Å². The molecule has 0 aliphatic rings. The molecule has 1 atom stereocenters.